The molecule has 41 heavy (non-hydrogen) atoms. The van der Waals surface area contributed by atoms with Gasteiger partial charge < -0.3 is 52.1 Å². The summed E-state index contributed by atoms with van der Waals surface area (Å²) in [5.41, 5.74) is 1.16. The van der Waals surface area contributed by atoms with E-state index in [-0.39, 0.29) is 12.6 Å². The summed E-state index contributed by atoms with van der Waals surface area (Å²) >= 11 is 0. The second-order valence-electron chi connectivity index (χ2n) is 8.39. The molecule has 0 bridgehead atoms. The lowest BCUT2D eigenvalue weighted by Crippen LogP contribution is -2.15. The van der Waals surface area contributed by atoms with Crippen LogP contribution in [-0.4, -0.2) is 138 Å². The fourth-order valence-corrected chi connectivity index (χ4v) is 2.99. The Balaban J connectivity index is 1.62. The van der Waals surface area contributed by atoms with Gasteiger partial charge in [-0.3, -0.25) is 4.79 Å². The van der Waals surface area contributed by atoms with Crippen LogP contribution in [0.5, 0.6) is 0 Å². The van der Waals surface area contributed by atoms with E-state index in [0.717, 1.165) is 5.56 Å². The molecule has 12 heteroatoms. The Morgan fingerprint density at radius 1 is 0.415 bits per heavy atom. The topological polar surface area (TPSA) is 119 Å². The van der Waals surface area contributed by atoms with Gasteiger partial charge in [0.05, 0.1) is 132 Å². The third-order valence-electron chi connectivity index (χ3n) is 4.99. The molecule has 0 aliphatic heterocycles. The van der Waals surface area contributed by atoms with Crippen LogP contribution in [0.15, 0.2) is 30.3 Å². The van der Waals surface area contributed by atoms with E-state index >= 15 is 0 Å². The summed E-state index contributed by atoms with van der Waals surface area (Å²) in [6, 6.07) is 10.1. The van der Waals surface area contributed by atoms with Gasteiger partial charge in [-0.1, -0.05) is 30.3 Å². The zero-order valence-corrected chi connectivity index (χ0v) is 24.6. The van der Waals surface area contributed by atoms with E-state index in [9.17, 15) is 4.79 Å². The third kappa shape index (κ3) is 29.6. The molecule has 0 heterocycles. The maximum Gasteiger partial charge on any atom is 0.302 e. The number of carbonyl (C=O) groups excluding carboxylic acids is 1. The SMILES string of the molecule is CC(=O)OCCOCCOCCOCCOCCOCCOCCOCCOCCOCCOCc1ccccc1. The molecular weight excluding hydrogens is 540 g/mol. The van der Waals surface area contributed by atoms with Crippen molar-refractivity contribution < 1.29 is 56.9 Å². The minimum atomic E-state index is -0.310. The Morgan fingerprint density at radius 3 is 0.976 bits per heavy atom. The van der Waals surface area contributed by atoms with E-state index in [1.807, 2.05) is 30.3 Å². The number of benzene rings is 1. The maximum atomic E-state index is 10.6. The number of rotatable bonds is 32. The Labute approximate surface area is 244 Å². The van der Waals surface area contributed by atoms with Crippen LogP contribution < -0.4 is 0 Å². The quantitative estimate of drug-likeness (QED) is 0.0901. The smallest absolute Gasteiger partial charge is 0.302 e. The molecule has 12 nitrogen and oxygen atoms in total. The van der Waals surface area contributed by atoms with Gasteiger partial charge in [-0.05, 0) is 5.56 Å². The standard InChI is InChI=1S/C29H50O12/c1-28(30)41-26-25-39-22-21-37-18-17-35-14-13-33-10-9-31-7-8-32-11-12-34-15-16-36-19-20-38-23-24-40-27-29-5-3-2-4-6-29/h2-6H,7-27H2,1H3. The Kier molecular flexibility index (Phi) is 28.4. The van der Waals surface area contributed by atoms with Crippen molar-refractivity contribution in [2.24, 2.45) is 0 Å². The summed E-state index contributed by atoms with van der Waals surface area (Å²) in [5.74, 6) is -0.310. The Hall–Kier alpha value is -1.71. The van der Waals surface area contributed by atoms with Crippen LogP contribution in [0.25, 0.3) is 0 Å². The van der Waals surface area contributed by atoms with Crippen LogP contribution >= 0.6 is 0 Å². The van der Waals surface area contributed by atoms with E-state index in [0.29, 0.717) is 132 Å². The van der Waals surface area contributed by atoms with E-state index in [2.05, 4.69) is 0 Å². The monoisotopic (exact) mass is 590 g/mol. The lowest BCUT2D eigenvalue weighted by Gasteiger charge is -2.09. The summed E-state index contributed by atoms with van der Waals surface area (Å²) in [5, 5.41) is 0. The molecule has 0 radical (unpaired) electrons. The predicted octanol–water partition coefficient (Wildman–Crippen LogP) is 1.92. The van der Waals surface area contributed by atoms with E-state index in [4.69, 9.17) is 52.1 Å². The van der Waals surface area contributed by atoms with Crippen LogP contribution in [0, 0.1) is 0 Å². The molecule has 0 aromatic heterocycles. The zero-order chi connectivity index (χ0) is 29.3. The van der Waals surface area contributed by atoms with E-state index in [1.54, 1.807) is 0 Å². The second-order valence-corrected chi connectivity index (χ2v) is 8.39. The highest BCUT2D eigenvalue weighted by Gasteiger charge is 1.97. The molecule has 0 fully saturated rings. The molecule has 0 atom stereocenters. The van der Waals surface area contributed by atoms with Gasteiger partial charge >= 0.3 is 5.97 Å². The van der Waals surface area contributed by atoms with Gasteiger partial charge in [0.1, 0.15) is 6.61 Å². The van der Waals surface area contributed by atoms with Gasteiger partial charge in [0, 0.05) is 6.92 Å². The molecule has 0 unspecified atom stereocenters. The first kappa shape index (κ1) is 37.3. The summed E-state index contributed by atoms with van der Waals surface area (Å²) in [7, 11) is 0. The van der Waals surface area contributed by atoms with Crippen LogP contribution in [0.4, 0.5) is 0 Å². The first-order valence-electron chi connectivity index (χ1n) is 14.2. The van der Waals surface area contributed by atoms with Gasteiger partial charge in [0.2, 0.25) is 0 Å². The molecule has 1 rings (SSSR count). The lowest BCUT2D eigenvalue weighted by molar-refractivity contribution is -0.142. The summed E-state index contributed by atoms with van der Waals surface area (Å²) in [4.78, 5) is 10.6. The van der Waals surface area contributed by atoms with Crippen molar-refractivity contribution in [2.75, 3.05) is 132 Å². The number of carbonyl (C=O) groups is 1. The zero-order valence-electron chi connectivity index (χ0n) is 24.6. The van der Waals surface area contributed by atoms with Crippen molar-refractivity contribution in [1.82, 2.24) is 0 Å². The molecule has 0 aliphatic rings. The van der Waals surface area contributed by atoms with Crippen molar-refractivity contribution in [3.8, 4) is 0 Å². The van der Waals surface area contributed by atoms with Gasteiger partial charge in [0.15, 0.2) is 0 Å². The van der Waals surface area contributed by atoms with Crippen molar-refractivity contribution in [3.63, 3.8) is 0 Å². The highest BCUT2D eigenvalue weighted by atomic mass is 16.6. The first-order chi connectivity index (χ1) is 20.3. The first-order valence-corrected chi connectivity index (χ1v) is 14.2. The molecule has 1 aromatic carbocycles. The lowest BCUT2D eigenvalue weighted by atomic mass is 10.2. The van der Waals surface area contributed by atoms with Gasteiger partial charge in [-0.15, -0.1) is 0 Å². The molecule has 0 saturated heterocycles. The van der Waals surface area contributed by atoms with Crippen LogP contribution in [0.1, 0.15) is 12.5 Å². The number of hydrogen-bond acceptors (Lipinski definition) is 12. The molecule has 0 N–H and O–H groups in total. The average Bonchev–Trinajstić information content (AvgIpc) is 2.98. The minimum Gasteiger partial charge on any atom is -0.463 e. The summed E-state index contributed by atoms with van der Waals surface area (Å²) in [6.07, 6.45) is 0. The predicted molar refractivity (Wildman–Crippen MR) is 150 cm³/mol. The molecule has 0 aliphatic carbocycles. The number of ether oxygens (including phenoxy) is 11. The van der Waals surface area contributed by atoms with E-state index in [1.165, 1.54) is 6.92 Å². The van der Waals surface area contributed by atoms with Crippen molar-refractivity contribution in [2.45, 2.75) is 13.5 Å². The molecule has 238 valence electrons. The second kappa shape index (κ2) is 31.2. The van der Waals surface area contributed by atoms with Crippen LogP contribution in [0.2, 0.25) is 0 Å². The minimum absolute atomic E-state index is 0.260. The molecule has 0 spiro atoms. The molecule has 0 amide bonds. The third-order valence-corrected chi connectivity index (χ3v) is 4.99. The van der Waals surface area contributed by atoms with Crippen molar-refractivity contribution >= 4 is 5.97 Å². The fourth-order valence-electron chi connectivity index (χ4n) is 2.99. The fraction of sp³-hybridized carbons (Fsp3) is 0.759. The molecule has 1 aromatic rings. The van der Waals surface area contributed by atoms with Gasteiger partial charge in [-0.25, -0.2) is 0 Å². The highest BCUT2D eigenvalue weighted by molar-refractivity contribution is 5.65. The number of hydrogen-bond donors (Lipinski definition) is 0. The normalized spacial score (nSPS) is 11.2. The van der Waals surface area contributed by atoms with E-state index < -0.39 is 0 Å². The summed E-state index contributed by atoms with van der Waals surface area (Å²) in [6.45, 7) is 11.7. The van der Waals surface area contributed by atoms with Crippen LogP contribution in [-0.2, 0) is 63.5 Å². The molecular formula is C29H50O12. The summed E-state index contributed by atoms with van der Waals surface area (Å²) < 4.78 is 59.1. The van der Waals surface area contributed by atoms with Crippen molar-refractivity contribution in [1.29, 1.82) is 0 Å². The largest absolute Gasteiger partial charge is 0.463 e. The Morgan fingerprint density at radius 2 is 0.683 bits per heavy atom. The van der Waals surface area contributed by atoms with Crippen molar-refractivity contribution in [3.05, 3.63) is 35.9 Å². The van der Waals surface area contributed by atoms with Crippen LogP contribution in [0.3, 0.4) is 0 Å². The molecule has 0 saturated carbocycles. The van der Waals surface area contributed by atoms with Gasteiger partial charge in [-0.2, -0.15) is 0 Å². The van der Waals surface area contributed by atoms with Gasteiger partial charge in [0.25, 0.3) is 0 Å². The Bertz CT molecular complexity index is 664. The maximum absolute atomic E-state index is 10.6. The highest BCUT2D eigenvalue weighted by Crippen LogP contribution is 2.00. The number of esters is 1. The average molecular weight is 591 g/mol.